The van der Waals surface area contributed by atoms with E-state index in [1.54, 1.807) is 14.2 Å². The summed E-state index contributed by atoms with van der Waals surface area (Å²) in [6.45, 7) is 6.03. The molecule has 0 aromatic heterocycles. The Kier molecular flexibility index (Phi) is 13.5. The maximum absolute atomic E-state index is 11.7. The number of nitrogens with zero attached hydrogens (tertiary/aromatic N) is 1. The molecule has 0 unspecified atom stereocenters. The van der Waals surface area contributed by atoms with Crippen LogP contribution in [0.25, 0.3) is 0 Å². The third-order valence-electron chi connectivity index (χ3n) is 3.08. The highest BCUT2D eigenvalue weighted by atomic mass is 127. The summed E-state index contributed by atoms with van der Waals surface area (Å²) in [5.41, 5.74) is 0.781. The number of carbonyl (C=O) groups is 1. The van der Waals surface area contributed by atoms with Gasteiger partial charge in [-0.25, -0.2) is 4.99 Å². The Hall–Kier alpha value is -1.75. The molecule has 1 aromatic carbocycles. The van der Waals surface area contributed by atoms with Crippen molar-refractivity contribution in [1.29, 1.82) is 0 Å². The lowest BCUT2D eigenvalue weighted by molar-refractivity contribution is -0.119. The molecule has 3 N–H and O–H groups in total. The van der Waals surface area contributed by atoms with E-state index in [9.17, 15) is 4.79 Å². The first-order valence-electron chi connectivity index (χ1n) is 8.26. The average Bonchev–Trinajstić information content (AvgIpc) is 2.61. The number of halogens is 1. The molecule has 0 saturated heterocycles. The van der Waals surface area contributed by atoms with Crippen LogP contribution in [-0.4, -0.2) is 58.9 Å². The van der Waals surface area contributed by atoms with Gasteiger partial charge in [-0.1, -0.05) is 0 Å². The zero-order chi connectivity index (χ0) is 18.5. The highest BCUT2D eigenvalue weighted by Gasteiger charge is 2.07. The monoisotopic (exact) mass is 480 g/mol. The van der Waals surface area contributed by atoms with Gasteiger partial charge in [-0.05, 0) is 26.0 Å². The van der Waals surface area contributed by atoms with Crippen LogP contribution in [0.2, 0.25) is 0 Å². The molecule has 148 valence electrons. The first kappa shape index (κ1) is 24.2. The van der Waals surface area contributed by atoms with Crippen LogP contribution >= 0.6 is 24.0 Å². The van der Waals surface area contributed by atoms with Gasteiger partial charge in [0.05, 0.1) is 20.3 Å². The van der Waals surface area contributed by atoms with Crippen LogP contribution in [0.1, 0.15) is 13.8 Å². The second-order valence-corrected chi connectivity index (χ2v) is 4.96. The Labute approximate surface area is 172 Å². The number of anilines is 1. The molecular weight excluding hydrogens is 451 g/mol. The first-order chi connectivity index (χ1) is 12.1. The molecule has 1 rings (SSSR count). The van der Waals surface area contributed by atoms with Crippen molar-refractivity contribution in [2.24, 2.45) is 4.99 Å². The minimum absolute atomic E-state index is 0. The van der Waals surface area contributed by atoms with Crippen molar-refractivity contribution in [3.8, 4) is 11.5 Å². The summed E-state index contributed by atoms with van der Waals surface area (Å²) in [7, 11) is 3.18. The Bertz CT molecular complexity index is 570. The van der Waals surface area contributed by atoms with Crippen LogP contribution in [-0.2, 0) is 9.53 Å². The largest absolute Gasteiger partial charge is 0.493 e. The van der Waals surface area contributed by atoms with Gasteiger partial charge < -0.3 is 30.2 Å². The van der Waals surface area contributed by atoms with Crippen LogP contribution in [0.15, 0.2) is 23.2 Å². The van der Waals surface area contributed by atoms with Gasteiger partial charge in [0.2, 0.25) is 5.91 Å². The van der Waals surface area contributed by atoms with Crippen LogP contribution in [0.3, 0.4) is 0 Å². The molecule has 0 bridgehead atoms. The van der Waals surface area contributed by atoms with Crippen molar-refractivity contribution < 1.29 is 19.0 Å². The van der Waals surface area contributed by atoms with Gasteiger partial charge in [0.15, 0.2) is 17.5 Å². The number of methoxy groups -OCH3 is 2. The topological polar surface area (TPSA) is 93.2 Å². The Morgan fingerprint density at radius 3 is 2.54 bits per heavy atom. The molecule has 0 fully saturated rings. The number of aliphatic imine (C=N–C) groups is 1. The van der Waals surface area contributed by atoms with Crippen molar-refractivity contribution in [2.45, 2.75) is 13.8 Å². The van der Waals surface area contributed by atoms with Gasteiger partial charge in [0.1, 0.15) is 6.54 Å². The molecule has 1 aromatic rings. The van der Waals surface area contributed by atoms with Crippen LogP contribution in [0.4, 0.5) is 5.69 Å². The number of guanidine groups is 1. The van der Waals surface area contributed by atoms with E-state index in [1.165, 1.54) is 0 Å². The van der Waals surface area contributed by atoms with E-state index in [1.807, 2.05) is 32.0 Å². The van der Waals surface area contributed by atoms with Crippen molar-refractivity contribution in [3.63, 3.8) is 0 Å². The fourth-order valence-electron chi connectivity index (χ4n) is 1.97. The molecule has 26 heavy (non-hydrogen) atoms. The second kappa shape index (κ2) is 14.4. The number of hydrogen-bond acceptors (Lipinski definition) is 5. The maximum Gasteiger partial charge on any atom is 0.241 e. The standard InChI is InChI=1S/C17H28N4O4.HI/c1-5-18-17(20-12-16(22)19-9-10-23-3)21-13-7-8-14(24-4)15(11-13)25-6-2;/h7-8,11H,5-6,9-10,12H2,1-4H3,(H,19,22)(H2,18,20,21);1H. The Balaban J connectivity index is 0.00000625. The van der Waals surface area contributed by atoms with E-state index >= 15 is 0 Å². The van der Waals surface area contributed by atoms with Gasteiger partial charge in [0.25, 0.3) is 0 Å². The zero-order valence-electron chi connectivity index (χ0n) is 15.8. The summed E-state index contributed by atoms with van der Waals surface area (Å²) in [6, 6.07) is 5.50. The van der Waals surface area contributed by atoms with Crippen molar-refractivity contribution >= 4 is 41.5 Å². The molecule has 8 nitrogen and oxygen atoms in total. The summed E-state index contributed by atoms with van der Waals surface area (Å²) in [6.07, 6.45) is 0. The summed E-state index contributed by atoms with van der Waals surface area (Å²) < 4.78 is 15.7. The van der Waals surface area contributed by atoms with E-state index in [4.69, 9.17) is 14.2 Å². The van der Waals surface area contributed by atoms with Gasteiger partial charge in [-0.15, -0.1) is 24.0 Å². The van der Waals surface area contributed by atoms with Gasteiger partial charge in [0, 0.05) is 32.0 Å². The van der Waals surface area contributed by atoms with Crippen LogP contribution in [0, 0.1) is 0 Å². The quantitative estimate of drug-likeness (QED) is 0.205. The third kappa shape index (κ3) is 9.09. The van der Waals surface area contributed by atoms with Crippen LogP contribution in [0.5, 0.6) is 11.5 Å². The fourth-order valence-corrected chi connectivity index (χ4v) is 1.97. The highest BCUT2D eigenvalue weighted by molar-refractivity contribution is 14.0. The molecule has 0 aliphatic heterocycles. The highest BCUT2D eigenvalue weighted by Crippen LogP contribution is 2.30. The number of carbonyl (C=O) groups excluding carboxylic acids is 1. The van der Waals surface area contributed by atoms with E-state index in [-0.39, 0.29) is 36.4 Å². The third-order valence-corrected chi connectivity index (χ3v) is 3.08. The van der Waals surface area contributed by atoms with Gasteiger partial charge >= 0.3 is 0 Å². The summed E-state index contributed by atoms with van der Waals surface area (Å²) in [5, 5.41) is 8.97. The Morgan fingerprint density at radius 1 is 1.15 bits per heavy atom. The fraction of sp³-hybridized carbons (Fsp3) is 0.529. The molecule has 0 aliphatic rings. The SMILES string of the molecule is CCNC(=NCC(=O)NCCOC)Nc1ccc(OC)c(OCC)c1.I. The van der Waals surface area contributed by atoms with Crippen molar-refractivity contribution in [1.82, 2.24) is 10.6 Å². The lowest BCUT2D eigenvalue weighted by Crippen LogP contribution is -2.34. The molecule has 0 radical (unpaired) electrons. The lowest BCUT2D eigenvalue weighted by Gasteiger charge is -2.14. The molecule has 9 heteroatoms. The molecule has 0 atom stereocenters. The molecule has 0 spiro atoms. The average molecular weight is 480 g/mol. The molecule has 0 saturated carbocycles. The lowest BCUT2D eigenvalue weighted by atomic mass is 10.2. The molecule has 1 amide bonds. The predicted molar refractivity (Wildman–Crippen MR) is 114 cm³/mol. The number of ether oxygens (including phenoxy) is 3. The minimum atomic E-state index is -0.168. The summed E-state index contributed by atoms with van der Waals surface area (Å²) in [5.74, 6) is 1.64. The zero-order valence-corrected chi connectivity index (χ0v) is 18.1. The molecular formula is C17H29IN4O4. The van der Waals surface area contributed by atoms with Crippen LogP contribution < -0.4 is 25.4 Å². The first-order valence-corrected chi connectivity index (χ1v) is 8.26. The van der Waals surface area contributed by atoms with Crippen molar-refractivity contribution in [2.75, 3.05) is 52.4 Å². The Morgan fingerprint density at radius 2 is 1.92 bits per heavy atom. The number of hydrogen-bond donors (Lipinski definition) is 3. The number of nitrogens with one attached hydrogen (secondary N) is 3. The van der Waals surface area contributed by atoms with E-state index < -0.39 is 0 Å². The van der Waals surface area contributed by atoms with Gasteiger partial charge in [-0.3, -0.25) is 4.79 Å². The van der Waals surface area contributed by atoms with E-state index in [0.717, 1.165) is 5.69 Å². The van der Waals surface area contributed by atoms with E-state index in [0.29, 0.717) is 43.8 Å². The van der Waals surface area contributed by atoms with Gasteiger partial charge in [-0.2, -0.15) is 0 Å². The number of benzene rings is 1. The number of amides is 1. The molecule has 0 heterocycles. The summed E-state index contributed by atoms with van der Waals surface area (Å²) >= 11 is 0. The predicted octanol–water partition coefficient (Wildman–Crippen LogP) is 1.85. The number of rotatable bonds is 10. The normalized spacial score (nSPS) is 10.5. The maximum atomic E-state index is 11.7. The van der Waals surface area contributed by atoms with E-state index in [2.05, 4.69) is 20.9 Å². The summed E-state index contributed by atoms with van der Waals surface area (Å²) in [4.78, 5) is 16.0. The smallest absolute Gasteiger partial charge is 0.241 e. The molecule has 0 aliphatic carbocycles. The second-order valence-electron chi connectivity index (χ2n) is 4.96. The van der Waals surface area contributed by atoms with Crippen molar-refractivity contribution in [3.05, 3.63) is 18.2 Å². The minimum Gasteiger partial charge on any atom is -0.493 e.